The molecule has 0 aromatic carbocycles. The van der Waals surface area contributed by atoms with Gasteiger partial charge in [0.1, 0.15) is 0 Å². The van der Waals surface area contributed by atoms with Crippen LogP contribution in [0.1, 0.15) is 34.9 Å². The number of nitrogens with zero attached hydrogens (tertiary/aromatic N) is 1. The second-order valence-corrected chi connectivity index (χ2v) is 6.10. The SMILES string of the molecule is NNC(Cc1ccccn1)C1CCCc2sccc21. The number of aromatic nitrogens is 1. The minimum atomic E-state index is 0.267. The molecular formula is C15H19N3S. The maximum Gasteiger partial charge on any atom is 0.0419 e. The standard InChI is InChI=1S/C15H19N3S/c16-18-14(10-11-4-1-2-8-17-11)12-5-3-6-15-13(12)7-9-19-15/h1-2,4,7-9,12,14,18H,3,5-6,10,16H2. The molecule has 19 heavy (non-hydrogen) atoms. The summed E-state index contributed by atoms with van der Waals surface area (Å²) in [6, 6.07) is 8.59. The Morgan fingerprint density at radius 3 is 3.16 bits per heavy atom. The summed E-state index contributed by atoms with van der Waals surface area (Å²) in [5, 5.41) is 2.21. The van der Waals surface area contributed by atoms with Crippen LogP contribution in [0.25, 0.3) is 0 Å². The van der Waals surface area contributed by atoms with Crippen molar-refractivity contribution in [3.8, 4) is 0 Å². The van der Waals surface area contributed by atoms with Crippen molar-refractivity contribution in [3.05, 3.63) is 52.0 Å². The number of fused-ring (bicyclic) bond motifs is 1. The zero-order chi connectivity index (χ0) is 13.1. The van der Waals surface area contributed by atoms with Crippen LogP contribution in [-0.2, 0) is 12.8 Å². The topological polar surface area (TPSA) is 50.9 Å². The molecular weight excluding hydrogens is 254 g/mol. The highest BCUT2D eigenvalue weighted by atomic mass is 32.1. The Kier molecular flexibility index (Phi) is 3.92. The van der Waals surface area contributed by atoms with E-state index >= 15 is 0 Å². The van der Waals surface area contributed by atoms with Crippen molar-refractivity contribution in [2.75, 3.05) is 0 Å². The first-order chi connectivity index (χ1) is 9.38. The van der Waals surface area contributed by atoms with Crippen LogP contribution in [0.4, 0.5) is 0 Å². The lowest BCUT2D eigenvalue weighted by molar-refractivity contribution is 0.395. The molecule has 2 aromatic rings. The van der Waals surface area contributed by atoms with Gasteiger partial charge in [-0.25, -0.2) is 0 Å². The summed E-state index contributed by atoms with van der Waals surface area (Å²) in [7, 11) is 0. The molecule has 0 fully saturated rings. The lowest BCUT2D eigenvalue weighted by atomic mass is 9.81. The highest BCUT2D eigenvalue weighted by Gasteiger charge is 2.28. The van der Waals surface area contributed by atoms with E-state index in [0.29, 0.717) is 5.92 Å². The molecule has 2 unspecified atom stereocenters. The number of hydrogen-bond acceptors (Lipinski definition) is 4. The molecule has 100 valence electrons. The quantitative estimate of drug-likeness (QED) is 0.665. The van der Waals surface area contributed by atoms with Gasteiger partial charge in [-0.15, -0.1) is 11.3 Å². The summed E-state index contributed by atoms with van der Waals surface area (Å²) in [6.45, 7) is 0. The molecule has 0 saturated heterocycles. The summed E-state index contributed by atoms with van der Waals surface area (Å²) >= 11 is 1.88. The predicted octanol–water partition coefficient (Wildman–Crippen LogP) is 2.64. The van der Waals surface area contributed by atoms with Gasteiger partial charge in [0.2, 0.25) is 0 Å². The molecule has 1 aliphatic rings. The van der Waals surface area contributed by atoms with E-state index < -0.39 is 0 Å². The summed E-state index contributed by atoms with van der Waals surface area (Å²) in [6.07, 6.45) is 6.44. The van der Waals surface area contributed by atoms with Gasteiger partial charge in [0.15, 0.2) is 0 Å². The molecule has 0 bridgehead atoms. The molecule has 3 rings (SSSR count). The molecule has 0 amide bonds. The molecule has 3 nitrogen and oxygen atoms in total. The van der Waals surface area contributed by atoms with E-state index in [0.717, 1.165) is 12.1 Å². The Morgan fingerprint density at radius 2 is 2.37 bits per heavy atom. The second-order valence-electron chi connectivity index (χ2n) is 5.10. The van der Waals surface area contributed by atoms with E-state index in [1.54, 1.807) is 0 Å². The minimum Gasteiger partial charge on any atom is -0.271 e. The van der Waals surface area contributed by atoms with E-state index in [2.05, 4.69) is 27.9 Å². The van der Waals surface area contributed by atoms with Crippen LogP contribution in [-0.4, -0.2) is 11.0 Å². The van der Waals surface area contributed by atoms with Gasteiger partial charge >= 0.3 is 0 Å². The van der Waals surface area contributed by atoms with Gasteiger partial charge in [0.05, 0.1) is 0 Å². The normalized spacial score (nSPS) is 19.9. The van der Waals surface area contributed by atoms with Crippen LogP contribution >= 0.6 is 11.3 Å². The molecule has 4 heteroatoms. The summed E-state index contributed by atoms with van der Waals surface area (Å²) in [5.74, 6) is 6.32. The van der Waals surface area contributed by atoms with Crippen LogP contribution in [0.2, 0.25) is 0 Å². The summed E-state index contributed by atoms with van der Waals surface area (Å²) in [5.41, 5.74) is 5.62. The lowest BCUT2D eigenvalue weighted by Gasteiger charge is -2.30. The van der Waals surface area contributed by atoms with Gasteiger partial charge in [-0.3, -0.25) is 16.3 Å². The van der Waals surface area contributed by atoms with Crippen molar-refractivity contribution in [1.29, 1.82) is 0 Å². The van der Waals surface area contributed by atoms with Crippen molar-refractivity contribution in [2.24, 2.45) is 5.84 Å². The van der Waals surface area contributed by atoms with E-state index in [4.69, 9.17) is 5.84 Å². The van der Waals surface area contributed by atoms with Crippen LogP contribution in [0.15, 0.2) is 35.8 Å². The smallest absolute Gasteiger partial charge is 0.0419 e. The molecule has 0 saturated carbocycles. The Balaban J connectivity index is 1.80. The van der Waals surface area contributed by atoms with Gasteiger partial charge < -0.3 is 0 Å². The van der Waals surface area contributed by atoms with Crippen LogP contribution in [0, 0.1) is 0 Å². The first-order valence-electron chi connectivity index (χ1n) is 6.81. The number of thiophene rings is 1. The highest BCUT2D eigenvalue weighted by Crippen LogP contribution is 2.37. The Hall–Kier alpha value is -1.23. The van der Waals surface area contributed by atoms with Crippen molar-refractivity contribution in [1.82, 2.24) is 10.4 Å². The number of rotatable bonds is 4. The Labute approximate surface area is 117 Å². The first-order valence-corrected chi connectivity index (χ1v) is 7.68. The molecule has 0 radical (unpaired) electrons. The first kappa shape index (κ1) is 12.8. The maximum atomic E-state index is 5.80. The fourth-order valence-electron chi connectivity index (χ4n) is 3.00. The number of hydrazine groups is 1. The van der Waals surface area contributed by atoms with E-state index in [1.807, 2.05) is 29.7 Å². The van der Waals surface area contributed by atoms with Gasteiger partial charge in [0.25, 0.3) is 0 Å². The third-order valence-corrected chi connectivity index (χ3v) is 4.95. The van der Waals surface area contributed by atoms with Crippen molar-refractivity contribution >= 4 is 11.3 Å². The van der Waals surface area contributed by atoms with Gasteiger partial charge in [-0.05, 0) is 48.4 Å². The third kappa shape index (κ3) is 2.71. The van der Waals surface area contributed by atoms with Gasteiger partial charge in [0, 0.05) is 35.1 Å². The number of pyridine rings is 1. The third-order valence-electron chi connectivity index (χ3n) is 3.95. The maximum absolute atomic E-state index is 5.80. The number of nitrogens with two attached hydrogens (primary N) is 1. The zero-order valence-electron chi connectivity index (χ0n) is 10.9. The highest BCUT2D eigenvalue weighted by molar-refractivity contribution is 7.10. The lowest BCUT2D eigenvalue weighted by Crippen LogP contribution is -2.42. The van der Waals surface area contributed by atoms with Crippen molar-refractivity contribution in [3.63, 3.8) is 0 Å². The Morgan fingerprint density at radius 1 is 1.42 bits per heavy atom. The number of hydrogen-bond donors (Lipinski definition) is 2. The summed E-state index contributed by atoms with van der Waals surface area (Å²) < 4.78 is 0. The fourth-order valence-corrected chi connectivity index (χ4v) is 4.00. The molecule has 2 heterocycles. The average Bonchev–Trinajstić information content (AvgIpc) is 2.94. The molecule has 0 aliphatic heterocycles. The summed E-state index contributed by atoms with van der Waals surface area (Å²) in [4.78, 5) is 5.95. The van der Waals surface area contributed by atoms with Crippen LogP contribution in [0.3, 0.4) is 0 Å². The van der Waals surface area contributed by atoms with E-state index in [-0.39, 0.29) is 6.04 Å². The number of nitrogens with one attached hydrogen (secondary N) is 1. The van der Waals surface area contributed by atoms with E-state index in [9.17, 15) is 0 Å². The van der Waals surface area contributed by atoms with E-state index in [1.165, 1.54) is 29.7 Å². The predicted molar refractivity (Wildman–Crippen MR) is 79.1 cm³/mol. The second kappa shape index (κ2) is 5.82. The van der Waals surface area contributed by atoms with Crippen LogP contribution in [0.5, 0.6) is 0 Å². The molecule has 0 spiro atoms. The molecule has 1 aliphatic carbocycles. The van der Waals surface area contributed by atoms with Crippen molar-refractivity contribution in [2.45, 2.75) is 37.6 Å². The molecule has 2 aromatic heterocycles. The van der Waals surface area contributed by atoms with Crippen LogP contribution < -0.4 is 11.3 Å². The van der Waals surface area contributed by atoms with Gasteiger partial charge in [-0.1, -0.05) is 6.07 Å². The fraction of sp³-hybridized carbons (Fsp3) is 0.400. The zero-order valence-corrected chi connectivity index (χ0v) is 11.7. The monoisotopic (exact) mass is 273 g/mol. The molecule has 3 N–H and O–H groups in total. The number of aryl methyl sites for hydroxylation is 1. The van der Waals surface area contributed by atoms with Crippen molar-refractivity contribution < 1.29 is 0 Å². The molecule has 2 atom stereocenters. The largest absolute Gasteiger partial charge is 0.271 e. The average molecular weight is 273 g/mol. The Bertz CT molecular complexity index is 523. The van der Waals surface area contributed by atoms with Gasteiger partial charge in [-0.2, -0.15) is 0 Å². The minimum absolute atomic E-state index is 0.267.